The summed E-state index contributed by atoms with van der Waals surface area (Å²) in [5.41, 5.74) is 0.497. The number of nitro benzene ring substituents is 1. The molecule has 0 atom stereocenters. The van der Waals surface area contributed by atoms with Crippen molar-refractivity contribution in [2.75, 3.05) is 5.32 Å². The molecule has 7 heteroatoms. The third-order valence-electron chi connectivity index (χ3n) is 2.46. The van der Waals surface area contributed by atoms with Crippen LogP contribution in [0.3, 0.4) is 0 Å². The van der Waals surface area contributed by atoms with E-state index >= 15 is 0 Å². The molecule has 0 saturated carbocycles. The Morgan fingerprint density at radius 2 is 2.26 bits per heavy atom. The highest BCUT2D eigenvalue weighted by atomic mass is 79.9. The molecule has 0 aliphatic carbocycles. The first-order valence-electron chi connectivity index (χ1n) is 5.26. The molecule has 1 aromatic carbocycles. The van der Waals surface area contributed by atoms with E-state index in [1.807, 2.05) is 17.5 Å². The van der Waals surface area contributed by atoms with E-state index in [4.69, 9.17) is 5.26 Å². The summed E-state index contributed by atoms with van der Waals surface area (Å²) in [6.45, 7) is 0.571. The molecule has 0 fully saturated rings. The van der Waals surface area contributed by atoms with E-state index in [2.05, 4.69) is 21.2 Å². The van der Waals surface area contributed by atoms with Gasteiger partial charge in [-0.2, -0.15) is 5.26 Å². The fourth-order valence-electron chi connectivity index (χ4n) is 1.52. The maximum atomic E-state index is 10.8. The van der Waals surface area contributed by atoms with Gasteiger partial charge < -0.3 is 5.32 Å². The van der Waals surface area contributed by atoms with Crippen LogP contribution in [-0.2, 0) is 6.54 Å². The molecule has 19 heavy (non-hydrogen) atoms. The van der Waals surface area contributed by atoms with E-state index in [-0.39, 0.29) is 11.3 Å². The molecular formula is C12H8BrN3O2S. The third-order valence-corrected chi connectivity index (χ3v) is 4.39. The van der Waals surface area contributed by atoms with Crippen molar-refractivity contribution in [1.29, 1.82) is 5.26 Å². The number of nitrogens with one attached hydrogen (secondary N) is 1. The molecule has 2 aromatic rings. The molecule has 0 saturated heterocycles. The minimum Gasteiger partial charge on any atom is -0.380 e. The summed E-state index contributed by atoms with van der Waals surface area (Å²) in [7, 11) is 0. The third kappa shape index (κ3) is 3.10. The number of nitriles is 1. The second-order valence-electron chi connectivity index (χ2n) is 3.65. The van der Waals surface area contributed by atoms with E-state index in [0.29, 0.717) is 12.2 Å². The van der Waals surface area contributed by atoms with Crippen LogP contribution in [0.2, 0.25) is 0 Å². The normalized spacial score (nSPS) is 9.89. The van der Waals surface area contributed by atoms with Gasteiger partial charge in [0.2, 0.25) is 0 Å². The summed E-state index contributed by atoms with van der Waals surface area (Å²) in [6, 6.07) is 8.24. The molecule has 1 aromatic heterocycles. The zero-order valence-electron chi connectivity index (χ0n) is 9.59. The van der Waals surface area contributed by atoms with Crippen LogP contribution in [0.15, 0.2) is 34.1 Å². The average Bonchev–Trinajstić information content (AvgIpc) is 2.81. The Morgan fingerprint density at radius 1 is 1.47 bits per heavy atom. The summed E-state index contributed by atoms with van der Waals surface area (Å²) in [5, 5.41) is 24.7. The largest absolute Gasteiger partial charge is 0.380 e. The van der Waals surface area contributed by atoms with Crippen molar-refractivity contribution in [3.8, 4) is 6.07 Å². The Morgan fingerprint density at radius 3 is 2.84 bits per heavy atom. The quantitative estimate of drug-likeness (QED) is 0.677. The highest BCUT2D eigenvalue weighted by Gasteiger charge is 2.14. The van der Waals surface area contributed by atoms with Gasteiger partial charge in [-0.25, -0.2) is 0 Å². The molecule has 0 spiro atoms. The van der Waals surface area contributed by atoms with Crippen molar-refractivity contribution in [3.63, 3.8) is 0 Å². The fraction of sp³-hybridized carbons (Fsp3) is 0.0833. The molecule has 5 nitrogen and oxygen atoms in total. The van der Waals surface area contributed by atoms with Crippen LogP contribution >= 0.6 is 27.3 Å². The van der Waals surface area contributed by atoms with E-state index in [1.165, 1.54) is 12.1 Å². The predicted molar refractivity (Wildman–Crippen MR) is 77.2 cm³/mol. The number of anilines is 1. The maximum absolute atomic E-state index is 10.8. The molecular weight excluding hydrogens is 330 g/mol. The molecule has 1 heterocycles. The monoisotopic (exact) mass is 337 g/mol. The van der Waals surface area contributed by atoms with Gasteiger partial charge >= 0.3 is 0 Å². The van der Waals surface area contributed by atoms with Crippen molar-refractivity contribution < 1.29 is 4.92 Å². The number of hydrogen-bond acceptors (Lipinski definition) is 5. The average molecular weight is 338 g/mol. The molecule has 1 N–H and O–H groups in total. The van der Waals surface area contributed by atoms with Gasteiger partial charge in [0.05, 0.1) is 11.5 Å². The molecule has 0 unspecified atom stereocenters. The topological polar surface area (TPSA) is 79.0 Å². The van der Waals surface area contributed by atoms with Crippen molar-refractivity contribution >= 4 is 38.6 Å². The molecule has 0 aliphatic rings. The zero-order chi connectivity index (χ0) is 13.8. The lowest BCUT2D eigenvalue weighted by Crippen LogP contribution is -2.00. The Kier molecular flexibility index (Phi) is 4.14. The molecule has 0 aliphatic heterocycles. The standard InChI is InChI=1S/C12H8BrN3O2S/c13-10-3-4-19-12(10)7-15-9-2-1-8(6-14)11(5-9)16(17)18/h1-5,15H,7H2. The van der Waals surface area contributed by atoms with Crippen molar-refractivity contribution in [1.82, 2.24) is 0 Å². The smallest absolute Gasteiger partial charge is 0.289 e. The van der Waals surface area contributed by atoms with Crippen molar-refractivity contribution in [3.05, 3.63) is 54.7 Å². The summed E-state index contributed by atoms with van der Waals surface area (Å²) >= 11 is 5.01. The lowest BCUT2D eigenvalue weighted by Gasteiger charge is -2.05. The lowest BCUT2D eigenvalue weighted by molar-refractivity contribution is -0.385. The molecule has 0 amide bonds. The van der Waals surface area contributed by atoms with E-state index < -0.39 is 4.92 Å². The number of benzene rings is 1. The first kappa shape index (κ1) is 13.5. The Bertz CT molecular complexity index is 663. The van der Waals surface area contributed by atoms with Gasteiger partial charge in [0.25, 0.3) is 5.69 Å². The van der Waals surface area contributed by atoms with Crippen LogP contribution in [0.1, 0.15) is 10.4 Å². The van der Waals surface area contributed by atoms with E-state index in [9.17, 15) is 10.1 Å². The van der Waals surface area contributed by atoms with Crippen LogP contribution in [-0.4, -0.2) is 4.92 Å². The number of thiophene rings is 1. The van der Waals surface area contributed by atoms with Crippen molar-refractivity contribution in [2.24, 2.45) is 0 Å². The highest BCUT2D eigenvalue weighted by Crippen LogP contribution is 2.26. The van der Waals surface area contributed by atoms with Gasteiger partial charge in [-0.1, -0.05) is 0 Å². The van der Waals surface area contributed by atoms with Crippen LogP contribution in [0, 0.1) is 21.4 Å². The molecule has 0 radical (unpaired) electrons. The number of hydrogen-bond donors (Lipinski definition) is 1. The lowest BCUT2D eigenvalue weighted by atomic mass is 10.2. The van der Waals surface area contributed by atoms with Crippen LogP contribution in [0.25, 0.3) is 0 Å². The summed E-state index contributed by atoms with van der Waals surface area (Å²) in [4.78, 5) is 11.4. The first-order chi connectivity index (χ1) is 9.11. The van der Waals surface area contributed by atoms with E-state index in [0.717, 1.165) is 9.35 Å². The first-order valence-corrected chi connectivity index (χ1v) is 6.93. The van der Waals surface area contributed by atoms with Crippen LogP contribution in [0.5, 0.6) is 0 Å². The molecule has 2 rings (SSSR count). The number of rotatable bonds is 4. The zero-order valence-corrected chi connectivity index (χ0v) is 12.0. The summed E-state index contributed by atoms with van der Waals surface area (Å²) < 4.78 is 1.01. The summed E-state index contributed by atoms with van der Waals surface area (Å²) in [5.74, 6) is 0. The van der Waals surface area contributed by atoms with Gasteiger partial charge in [-0.3, -0.25) is 10.1 Å². The second-order valence-corrected chi connectivity index (χ2v) is 5.50. The second kappa shape index (κ2) is 5.82. The van der Waals surface area contributed by atoms with Gasteiger partial charge in [-0.15, -0.1) is 11.3 Å². The summed E-state index contributed by atoms with van der Waals surface area (Å²) in [6.07, 6.45) is 0. The Hall–Kier alpha value is -1.91. The van der Waals surface area contributed by atoms with Crippen molar-refractivity contribution in [2.45, 2.75) is 6.54 Å². The van der Waals surface area contributed by atoms with Gasteiger partial charge in [0, 0.05) is 21.1 Å². The number of nitro groups is 1. The molecule has 96 valence electrons. The van der Waals surface area contributed by atoms with Gasteiger partial charge in [-0.05, 0) is 39.5 Å². The fourth-order valence-corrected chi connectivity index (χ4v) is 2.95. The van der Waals surface area contributed by atoms with Crippen LogP contribution < -0.4 is 5.32 Å². The number of nitrogens with zero attached hydrogens (tertiary/aromatic N) is 2. The van der Waals surface area contributed by atoms with Crippen LogP contribution in [0.4, 0.5) is 11.4 Å². The SMILES string of the molecule is N#Cc1ccc(NCc2sccc2Br)cc1[N+](=O)[O-]. The minimum atomic E-state index is -0.551. The maximum Gasteiger partial charge on any atom is 0.289 e. The highest BCUT2D eigenvalue weighted by molar-refractivity contribution is 9.10. The Balaban J connectivity index is 2.18. The minimum absolute atomic E-state index is 0.0628. The van der Waals surface area contributed by atoms with Gasteiger partial charge in [0.15, 0.2) is 0 Å². The molecule has 0 bridgehead atoms. The Labute approximate surface area is 121 Å². The predicted octanol–water partition coefficient (Wildman–Crippen LogP) is 3.90. The van der Waals surface area contributed by atoms with E-state index in [1.54, 1.807) is 17.4 Å². The number of halogens is 1. The van der Waals surface area contributed by atoms with Gasteiger partial charge in [0.1, 0.15) is 11.6 Å².